The number of benzene rings is 1. The average Bonchev–Trinajstić information content (AvgIpc) is 2.74. The molecule has 1 fully saturated rings. The van der Waals surface area contributed by atoms with Gasteiger partial charge in [-0.25, -0.2) is 4.85 Å². The number of halogens is 3. The number of hydrogen-bond acceptors (Lipinski definition) is 5. The van der Waals surface area contributed by atoms with E-state index in [1.54, 1.807) is 39.5 Å². The molecule has 2 rings (SSSR count). The fraction of sp³-hybridized carbons (Fsp3) is 0.600. The summed E-state index contributed by atoms with van der Waals surface area (Å²) in [5, 5.41) is 2.61. The van der Waals surface area contributed by atoms with Crippen molar-refractivity contribution >= 4 is 23.5 Å². The molecule has 1 aliphatic rings. The van der Waals surface area contributed by atoms with Crippen molar-refractivity contribution in [3.8, 4) is 5.75 Å². The Bertz CT molecular complexity index is 1030. The number of nitrogens with zero attached hydrogens (tertiary/aromatic N) is 2. The van der Waals surface area contributed by atoms with Gasteiger partial charge >= 0.3 is 12.3 Å². The maximum absolute atomic E-state index is 13.1. The zero-order valence-electron chi connectivity index (χ0n) is 21.1. The van der Waals surface area contributed by atoms with E-state index in [1.807, 2.05) is 0 Å². The van der Waals surface area contributed by atoms with Crippen molar-refractivity contribution < 1.29 is 37.0 Å². The molecule has 0 bridgehead atoms. The summed E-state index contributed by atoms with van der Waals surface area (Å²) in [6.45, 7) is 15.8. The lowest BCUT2D eigenvalue weighted by atomic mass is 9.86. The smallest absolute Gasteiger partial charge is 0.460 e. The Morgan fingerprint density at radius 3 is 2.42 bits per heavy atom. The van der Waals surface area contributed by atoms with Crippen molar-refractivity contribution in [1.29, 1.82) is 0 Å². The molecule has 2 amide bonds. The largest absolute Gasteiger partial charge is 0.573 e. The predicted molar refractivity (Wildman–Crippen MR) is 125 cm³/mol. The molecule has 1 aromatic rings. The third-order valence-electron chi connectivity index (χ3n) is 5.52. The van der Waals surface area contributed by atoms with E-state index < -0.39 is 40.9 Å². The topological polar surface area (TPSA) is 89.3 Å². The molecule has 36 heavy (non-hydrogen) atoms. The summed E-state index contributed by atoms with van der Waals surface area (Å²) in [4.78, 5) is 42.9. The van der Waals surface area contributed by atoms with Crippen LogP contribution in [0.1, 0.15) is 59.4 Å². The molecule has 0 unspecified atom stereocenters. The number of piperidine rings is 1. The first kappa shape index (κ1) is 28.9. The minimum Gasteiger partial charge on any atom is -0.460 e. The van der Waals surface area contributed by atoms with Gasteiger partial charge in [0.15, 0.2) is 5.69 Å². The van der Waals surface area contributed by atoms with Crippen molar-refractivity contribution in [3.05, 3.63) is 35.2 Å². The first-order valence-electron chi connectivity index (χ1n) is 11.6. The second-order valence-electron chi connectivity index (χ2n) is 10.4. The van der Waals surface area contributed by atoms with Crippen LogP contribution in [0.2, 0.25) is 0 Å². The molecule has 1 atom stereocenters. The number of ether oxygens (including phenoxy) is 2. The minimum absolute atomic E-state index is 0.0280. The van der Waals surface area contributed by atoms with Gasteiger partial charge in [-0.1, -0.05) is 26.0 Å². The van der Waals surface area contributed by atoms with Crippen LogP contribution in [0.4, 0.5) is 18.9 Å². The summed E-state index contributed by atoms with van der Waals surface area (Å²) in [7, 11) is 0. The molecule has 11 heteroatoms. The molecular formula is C25H32F3N3O5. The Balaban J connectivity index is 2.03. The second kappa shape index (κ2) is 11.2. The van der Waals surface area contributed by atoms with Crippen molar-refractivity contribution in [3.63, 3.8) is 0 Å². The normalized spacial score (nSPS) is 16.6. The number of nitrogens with one attached hydrogen (secondary N) is 1. The highest BCUT2D eigenvalue weighted by Crippen LogP contribution is 2.31. The van der Waals surface area contributed by atoms with E-state index in [2.05, 4.69) is 14.9 Å². The third-order valence-corrected chi connectivity index (χ3v) is 5.52. The Morgan fingerprint density at radius 1 is 1.17 bits per heavy atom. The summed E-state index contributed by atoms with van der Waals surface area (Å²) in [6, 6.07) is 3.60. The summed E-state index contributed by atoms with van der Waals surface area (Å²) in [5.41, 5.74) is -1.67. The van der Waals surface area contributed by atoms with Crippen LogP contribution in [0.15, 0.2) is 18.2 Å². The van der Waals surface area contributed by atoms with Gasteiger partial charge in [-0.15, -0.1) is 13.2 Å². The number of carbonyl (C=O) groups is 3. The number of likely N-dealkylation sites (tertiary alicyclic amines) is 1. The number of esters is 1. The second-order valence-corrected chi connectivity index (χ2v) is 10.4. The number of alkyl halides is 3. The number of amides is 2. The summed E-state index contributed by atoms with van der Waals surface area (Å²) < 4.78 is 47.6. The lowest BCUT2D eigenvalue weighted by molar-refractivity contribution is -0.274. The SMILES string of the molecule is [C-]#[N+]c1ccc(CNC(=O)[C@@H]2CCCN(C(=O)C(C)(C)CC(=O)OC(C)(C)C)C2)c(OC(F)(F)F)c1. The molecule has 198 valence electrons. The zero-order chi connectivity index (χ0) is 27.3. The number of hydrogen-bond donors (Lipinski definition) is 1. The van der Waals surface area contributed by atoms with E-state index in [0.29, 0.717) is 19.4 Å². The quantitative estimate of drug-likeness (QED) is 0.422. The van der Waals surface area contributed by atoms with Gasteiger partial charge in [0.05, 0.1) is 24.3 Å². The van der Waals surface area contributed by atoms with Crippen molar-refractivity contribution in [2.24, 2.45) is 11.3 Å². The molecule has 1 N–H and O–H groups in total. The van der Waals surface area contributed by atoms with E-state index in [9.17, 15) is 27.6 Å². The molecule has 1 heterocycles. The van der Waals surface area contributed by atoms with E-state index in [0.717, 1.165) is 6.07 Å². The van der Waals surface area contributed by atoms with Crippen LogP contribution in [0.25, 0.3) is 4.85 Å². The molecule has 0 saturated carbocycles. The summed E-state index contributed by atoms with van der Waals surface area (Å²) in [6.07, 6.45) is -3.99. The Morgan fingerprint density at radius 2 is 1.83 bits per heavy atom. The maximum atomic E-state index is 13.1. The van der Waals surface area contributed by atoms with E-state index in [-0.39, 0.29) is 36.7 Å². The lowest BCUT2D eigenvalue weighted by Gasteiger charge is -2.37. The fourth-order valence-corrected chi connectivity index (χ4v) is 3.92. The van der Waals surface area contributed by atoms with Crippen LogP contribution in [0.5, 0.6) is 5.75 Å². The fourth-order valence-electron chi connectivity index (χ4n) is 3.92. The molecule has 0 aliphatic carbocycles. The highest BCUT2D eigenvalue weighted by molar-refractivity contribution is 5.87. The van der Waals surface area contributed by atoms with Crippen LogP contribution in [-0.4, -0.2) is 47.7 Å². The monoisotopic (exact) mass is 511 g/mol. The molecule has 0 spiro atoms. The van der Waals surface area contributed by atoms with Crippen molar-refractivity contribution in [1.82, 2.24) is 10.2 Å². The van der Waals surface area contributed by atoms with Gasteiger partial charge in [0.1, 0.15) is 11.4 Å². The van der Waals surface area contributed by atoms with Gasteiger partial charge < -0.3 is 19.7 Å². The maximum Gasteiger partial charge on any atom is 0.573 e. The van der Waals surface area contributed by atoms with Crippen LogP contribution < -0.4 is 10.1 Å². The standard InChI is InChI=1S/C25H32F3N3O5/c1-23(2,3)36-20(32)13-24(4,5)22(34)31-11-7-8-17(15-31)21(33)30-14-16-9-10-18(29-6)12-19(16)35-25(26,27)28/h9-10,12,17H,7-8,11,13-15H2,1-5H3,(H,30,33)/t17-/m1/s1. The van der Waals surface area contributed by atoms with Gasteiger partial charge in [-0.2, -0.15) is 0 Å². The zero-order valence-corrected chi connectivity index (χ0v) is 21.1. The van der Waals surface area contributed by atoms with E-state index in [4.69, 9.17) is 11.3 Å². The Hall–Kier alpha value is -3.29. The highest BCUT2D eigenvalue weighted by atomic mass is 19.4. The van der Waals surface area contributed by atoms with Gasteiger partial charge in [0.2, 0.25) is 11.8 Å². The summed E-state index contributed by atoms with van der Waals surface area (Å²) >= 11 is 0. The number of rotatable bonds is 7. The van der Waals surface area contributed by atoms with Gasteiger partial charge in [-0.05, 0) is 39.7 Å². The van der Waals surface area contributed by atoms with Gasteiger partial charge in [-0.3, -0.25) is 14.4 Å². The molecule has 0 aromatic heterocycles. The van der Waals surface area contributed by atoms with E-state index >= 15 is 0 Å². The van der Waals surface area contributed by atoms with Crippen molar-refractivity contribution in [2.75, 3.05) is 13.1 Å². The van der Waals surface area contributed by atoms with Crippen LogP contribution >= 0.6 is 0 Å². The van der Waals surface area contributed by atoms with Gasteiger partial charge in [0.25, 0.3) is 0 Å². The van der Waals surface area contributed by atoms with Crippen LogP contribution in [-0.2, 0) is 25.7 Å². The Kier molecular flexibility index (Phi) is 8.99. The van der Waals surface area contributed by atoms with E-state index in [1.165, 1.54) is 12.1 Å². The number of carbonyl (C=O) groups excluding carboxylic acids is 3. The molecule has 1 aromatic carbocycles. The van der Waals surface area contributed by atoms with Crippen LogP contribution in [0, 0.1) is 17.9 Å². The van der Waals surface area contributed by atoms with Crippen molar-refractivity contribution in [2.45, 2.75) is 72.4 Å². The highest BCUT2D eigenvalue weighted by Gasteiger charge is 2.38. The molecule has 0 radical (unpaired) electrons. The minimum atomic E-state index is -4.95. The average molecular weight is 512 g/mol. The molecular weight excluding hydrogens is 479 g/mol. The Labute approximate surface area is 208 Å². The van der Waals surface area contributed by atoms with Crippen LogP contribution in [0.3, 0.4) is 0 Å². The summed E-state index contributed by atoms with van der Waals surface area (Å²) in [5.74, 6) is -2.30. The van der Waals surface area contributed by atoms with Gasteiger partial charge in [0, 0.05) is 25.2 Å². The molecule has 1 aliphatic heterocycles. The first-order chi connectivity index (χ1) is 16.5. The molecule has 8 nitrogen and oxygen atoms in total. The first-order valence-corrected chi connectivity index (χ1v) is 11.6. The third kappa shape index (κ3) is 8.73. The molecule has 1 saturated heterocycles. The predicted octanol–water partition coefficient (Wildman–Crippen LogP) is 4.75. The lowest BCUT2D eigenvalue weighted by Crippen LogP contribution is -2.49.